The second kappa shape index (κ2) is 5.33. The highest BCUT2D eigenvalue weighted by Crippen LogP contribution is 2.34. The summed E-state index contributed by atoms with van der Waals surface area (Å²) in [6.45, 7) is 0. The molecule has 6 heteroatoms. The van der Waals surface area contributed by atoms with Crippen LogP contribution in [-0.2, 0) is 0 Å². The Morgan fingerprint density at radius 1 is 0.895 bits per heavy atom. The van der Waals surface area contributed by atoms with E-state index in [4.69, 9.17) is 23.2 Å². The van der Waals surface area contributed by atoms with Gasteiger partial charge in [-0.25, -0.2) is 15.0 Å². The Morgan fingerprint density at radius 3 is 2.58 bits per heavy atom. The Kier molecular flexibility index (Phi) is 3.55. The predicted molar refractivity (Wildman–Crippen MR) is 77.9 cm³/mol. The van der Waals surface area contributed by atoms with Crippen LogP contribution in [0.15, 0.2) is 52.6 Å². The molecule has 0 bridgehead atoms. The van der Waals surface area contributed by atoms with Crippen LogP contribution in [0.4, 0.5) is 0 Å². The fourth-order valence-electron chi connectivity index (χ4n) is 1.64. The average molecular weight is 308 g/mol. The van der Waals surface area contributed by atoms with Crippen molar-refractivity contribution in [3.8, 4) is 0 Å². The van der Waals surface area contributed by atoms with Gasteiger partial charge in [0.05, 0.1) is 10.5 Å². The molecule has 0 aliphatic carbocycles. The van der Waals surface area contributed by atoms with E-state index in [1.807, 2.05) is 24.3 Å². The fraction of sp³-hybridized carbons (Fsp3) is 0. The van der Waals surface area contributed by atoms with Gasteiger partial charge < -0.3 is 0 Å². The van der Waals surface area contributed by atoms with Crippen molar-refractivity contribution < 1.29 is 0 Å². The lowest BCUT2D eigenvalue weighted by Gasteiger charge is -2.06. The summed E-state index contributed by atoms with van der Waals surface area (Å²) < 4.78 is 0. The van der Waals surface area contributed by atoms with Crippen LogP contribution in [0.5, 0.6) is 0 Å². The largest absolute Gasteiger partial charge is 0.248 e. The molecular weight excluding hydrogens is 301 g/mol. The standard InChI is InChI=1S/C13H7Cl2N3S/c14-9-5-3-7-16-12(9)19-11-8-4-1-2-6-10(8)17-13(15)18-11/h1-7H. The van der Waals surface area contributed by atoms with Gasteiger partial charge in [0.2, 0.25) is 5.28 Å². The van der Waals surface area contributed by atoms with Gasteiger partial charge >= 0.3 is 0 Å². The molecule has 0 N–H and O–H groups in total. The zero-order valence-electron chi connectivity index (χ0n) is 9.55. The molecule has 0 radical (unpaired) electrons. The van der Waals surface area contributed by atoms with Crippen LogP contribution >= 0.6 is 35.0 Å². The summed E-state index contributed by atoms with van der Waals surface area (Å²) in [6.07, 6.45) is 1.69. The molecular formula is C13H7Cl2N3S. The van der Waals surface area contributed by atoms with Crippen molar-refractivity contribution in [3.63, 3.8) is 0 Å². The van der Waals surface area contributed by atoms with Gasteiger partial charge in [-0.2, -0.15) is 0 Å². The topological polar surface area (TPSA) is 38.7 Å². The van der Waals surface area contributed by atoms with Crippen molar-refractivity contribution in [2.24, 2.45) is 0 Å². The number of fused-ring (bicyclic) bond motifs is 1. The van der Waals surface area contributed by atoms with E-state index in [9.17, 15) is 0 Å². The van der Waals surface area contributed by atoms with E-state index in [0.717, 1.165) is 15.9 Å². The fourth-order valence-corrected chi connectivity index (χ4v) is 2.98. The lowest BCUT2D eigenvalue weighted by Crippen LogP contribution is -1.90. The first kappa shape index (κ1) is 12.7. The molecule has 19 heavy (non-hydrogen) atoms. The summed E-state index contributed by atoms with van der Waals surface area (Å²) in [5.74, 6) is 0. The monoisotopic (exact) mass is 307 g/mol. The third-order valence-corrected chi connectivity index (χ3v) is 4.07. The minimum atomic E-state index is 0.216. The summed E-state index contributed by atoms with van der Waals surface area (Å²) in [7, 11) is 0. The van der Waals surface area contributed by atoms with Gasteiger partial charge in [0.25, 0.3) is 0 Å². The summed E-state index contributed by atoms with van der Waals surface area (Å²) in [4.78, 5) is 12.7. The first-order valence-corrected chi connectivity index (χ1v) is 7.02. The van der Waals surface area contributed by atoms with Crippen LogP contribution in [0, 0.1) is 0 Å². The van der Waals surface area contributed by atoms with Crippen molar-refractivity contribution in [1.82, 2.24) is 15.0 Å². The van der Waals surface area contributed by atoms with Gasteiger partial charge in [0, 0.05) is 11.6 Å². The lowest BCUT2D eigenvalue weighted by atomic mass is 10.2. The molecule has 0 aliphatic heterocycles. The smallest absolute Gasteiger partial charge is 0.224 e. The molecule has 0 spiro atoms. The molecule has 3 rings (SSSR count). The zero-order valence-corrected chi connectivity index (χ0v) is 11.9. The van der Waals surface area contributed by atoms with E-state index in [0.29, 0.717) is 10.0 Å². The third-order valence-electron chi connectivity index (χ3n) is 2.46. The molecule has 2 heterocycles. The van der Waals surface area contributed by atoms with Crippen molar-refractivity contribution >= 4 is 45.9 Å². The van der Waals surface area contributed by atoms with Crippen LogP contribution < -0.4 is 0 Å². The van der Waals surface area contributed by atoms with Crippen LogP contribution in [0.2, 0.25) is 10.3 Å². The normalized spacial score (nSPS) is 10.8. The second-order valence-corrected chi connectivity index (χ2v) is 5.43. The van der Waals surface area contributed by atoms with Crippen LogP contribution in [0.25, 0.3) is 10.9 Å². The van der Waals surface area contributed by atoms with Crippen molar-refractivity contribution in [1.29, 1.82) is 0 Å². The number of para-hydroxylation sites is 1. The molecule has 0 atom stereocenters. The molecule has 0 amide bonds. The second-order valence-electron chi connectivity index (χ2n) is 3.71. The van der Waals surface area contributed by atoms with E-state index in [1.165, 1.54) is 11.8 Å². The lowest BCUT2D eigenvalue weighted by molar-refractivity contribution is 1.08. The van der Waals surface area contributed by atoms with Gasteiger partial charge in [0.1, 0.15) is 10.1 Å². The van der Waals surface area contributed by atoms with Gasteiger partial charge in [-0.3, -0.25) is 0 Å². The molecule has 2 aromatic heterocycles. The Balaban J connectivity index is 2.13. The molecule has 0 saturated heterocycles. The molecule has 3 nitrogen and oxygen atoms in total. The number of pyridine rings is 1. The van der Waals surface area contributed by atoms with Crippen molar-refractivity contribution in [2.45, 2.75) is 10.1 Å². The SMILES string of the molecule is Clc1nc(Sc2ncccc2Cl)c2ccccc2n1. The van der Waals surface area contributed by atoms with E-state index in [2.05, 4.69) is 15.0 Å². The Morgan fingerprint density at radius 2 is 1.74 bits per heavy atom. The number of hydrogen-bond acceptors (Lipinski definition) is 4. The summed E-state index contributed by atoms with van der Waals surface area (Å²) in [5.41, 5.74) is 0.803. The highest BCUT2D eigenvalue weighted by atomic mass is 35.5. The molecule has 94 valence electrons. The third kappa shape index (κ3) is 2.66. The van der Waals surface area contributed by atoms with E-state index < -0.39 is 0 Å². The first-order valence-electron chi connectivity index (χ1n) is 5.45. The van der Waals surface area contributed by atoms with Gasteiger partial charge in [-0.05, 0) is 41.6 Å². The highest BCUT2D eigenvalue weighted by molar-refractivity contribution is 7.99. The van der Waals surface area contributed by atoms with Gasteiger partial charge in [-0.1, -0.05) is 29.8 Å². The Hall–Kier alpha value is -1.36. The number of hydrogen-bond donors (Lipinski definition) is 0. The average Bonchev–Trinajstić information content (AvgIpc) is 2.41. The zero-order chi connectivity index (χ0) is 13.2. The molecule has 3 aromatic rings. The van der Waals surface area contributed by atoms with E-state index in [1.54, 1.807) is 18.3 Å². The van der Waals surface area contributed by atoms with Crippen LogP contribution in [-0.4, -0.2) is 15.0 Å². The summed E-state index contributed by atoms with van der Waals surface area (Å²) >= 11 is 13.4. The predicted octanol–water partition coefficient (Wildman–Crippen LogP) is 4.48. The minimum absolute atomic E-state index is 0.216. The van der Waals surface area contributed by atoms with Crippen molar-refractivity contribution in [2.75, 3.05) is 0 Å². The summed E-state index contributed by atoms with van der Waals surface area (Å²) in [5, 5.41) is 3.18. The maximum Gasteiger partial charge on any atom is 0.224 e. The maximum atomic E-state index is 6.11. The van der Waals surface area contributed by atoms with Crippen LogP contribution in [0.1, 0.15) is 0 Å². The van der Waals surface area contributed by atoms with E-state index >= 15 is 0 Å². The quantitative estimate of drug-likeness (QED) is 0.517. The van der Waals surface area contributed by atoms with Crippen molar-refractivity contribution in [3.05, 3.63) is 52.9 Å². The highest BCUT2D eigenvalue weighted by Gasteiger charge is 2.10. The van der Waals surface area contributed by atoms with E-state index in [-0.39, 0.29) is 5.28 Å². The van der Waals surface area contributed by atoms with Gasteiger partial charge in [-0.15, -0.1) is 0 Å². The minimum Gasteiger partial charge on any atom is -0.248 e. The van der Waals surface area contributed by atoms with Crippen LogP contribution in [0.3, 0.4) is 0 Å². The first-order chi connectivity index (χ1) is 9.24. The molecule has 0 saturated carbocycles. The Bertz CT molecular complexity index is 749. The molecule has 0 fully saturated rings. The van der Waals surface area contributed by atoms with Gasteiger partial charge in [0.15, 0.2) is 0 Å². The molecule has 1 aromatic carbocycles. The molecule has 0 aliphatic rings. The number of benzene rings is 1. The summed E-state index contributed by atoms with van der Waals surface area (Å²) in [6, 6.07) is 11.3. The Labute approximate surface area is 124 Å². The number of nitrogens with zero attached hydrogens (tertiary/aromatic N) is 3. The number of halogens is 2. The maximum absolute atomic E-state index is 6.11. The number of rotatable bonds is 2. The number of aromatic nitrogens is 3. The molecule has 0 unspecified atom stereocenters.